The van der Waals surface area contributed by atoms with E-state index in [1.54, 1.807) is 25.4 Å². The number of halogens is 1. The number of fused-ring (bicyclic) bond motifs is 3. The molecule has 0 spiro atoms. The smallest absolute Gasteiger partial charge is 0.338 e. The van der Waals surface area contributed by atoms with E-state index in [4.69, 9.17) is 45.0 Å². The summed E-state index contributed by atoms with van der Waals surface area (Å²) in [7, 11) is 2.97. The van der Waals surface area contributed by atoms with Gasteiger partial charge in [-0.25, -0.2) is 9.78 Å². The lowest BCUT2D eigenvalue weighted by Gasteiger charge is -2.44. The lowest BCUT2D eigenvalue weighted by atomic mass is 10.0. The molecule has 0 N–H and O–H groups in total. The number of piperazine rings is 1. The van der Waals surface area contributed by atoms with Crippen molar-refractivity contribution >= 4 is 34.3 Å². The van der Waals surface area contributed by atoms with Gasteiger partial charge in [-0.2, -0.15) is 0 Å². The monoisotopic (exact) mass is 661 g/mol. The van der Waals surface area contributed by atoms with E-state index in [2.05, 4.69) is 25.4 Å². The molecule has 8 rings (SSSR count). The Labute approximate surface area is 277 Å². The number of ether oxygens (including phenoxy) is 6. The number of anilines is 1. The molecule has 2 aromatic heterocycles. The number of aromatic nitrogens is 3. The molecule has 0 aliphatic carbocycles. The quantitative estimate of drug-likeness (QED) is 0.251. The van der Waals surface area contributed by atoms with E-state index in [1.807, 2.05) is 31.2 Å². The van der Waals surface area contributed by atoms with E-state index >= 15 is 0 Å². The summed E-state index contributed by atoms with van der Waals surface area (Å²) in [6.07, 6.45) is 2.67. The maximum absolute atomic E-state index is 12.5. The van der Waals surface area contributed by atoms with Gasteiger partial charge in [0.25, 0.3) is 5.79 Å². The number of esters is 1. The number of methoxy groups -OCH3 is 2. The van der Waals surface area contributed by atoms with Gasteiger partial charge in [0, 0.05) is 32.8 Å². The molecule has 3 saturated heterocycles. The summed E-state index contributed by atoms with van der Waals surface area (Å²) in [6.45, 7) is 6.57. The normalized spacial score (nSPS) is 25.1. The molecule has 47 heavy (non-hydrogen) atoms. The lowest BCUT2D eigenvalue weighted by molar-refractivity contribution is -0.0716. The molecule has 0 radical (unpaired) electrons. The number of hydrogen-bond donors (Lipinski definition) is 0. The Bertz CT molecular complexity index is 1830. The fourth-order valence-electron chi connectivity index (χ4n) is 7.10. The van der Waals surface area contributed by atoms with Crippen molar-refractivity contribution in [2.45, 2.75) is 50.4 Å². The van der Waals surface area contributed by atoms with Crippen LogP contribution in [0.25, 0.3) is 11.0 Å². The first-order valence-corrected chi connectivity index (χ1v) is 16.2. The zero-order chi connectivity index (χ0) is 32.3. The molecule has 0 bridgehead atoms. The first-order valence-electron chi connectivity index (χ1n) is 15.8. The Balaban J connectivity index is 1.08. The predicted octanol–water partition coefficient (Wildman–Crippen LogP) is 4.40. The average Bonchev–Trinajstić information content (AvgIpc) is 3.78. The van der Waals surface area contributed by atoms with E-state index < -0.39 is 11.8 Å². The fraction of sp³-hybridized carbons (Fsp3) is 0.441. The maximum atomic E-state index is 12.5. The molecule has 246 valence electrons. The molecule has 3 fully saturated rings. The Hall–Kier alpha value is -4.10. The highest BCUT2D eigenvalue weighted by atomic mass is 35.5. The summed E-state index contributed by atoms with van der Waals surface area (Å²) in [5.41, 5.74) is 3.56. The van der Waals surface area contributed by atoms with Crippen LogP contribution in [-0.2, 0) is 33.1 Å². The number of benzene rings is 2. The molecular formula is C34H36ClN5O7. The summed E-state index contributed by atoms with van der Waals surface area (Å²) in [5, 5.41) is 0.552. The topological polar surface area (TPSA) is 110 Å². The van der Waals surface area contributed by atoms with Crippen LogP contribution in [0.4, 0.5) is 5.69 Å². The van der Waals surface area contributed by atoms with Gasteiger partial charge in [-0.3, -0.25) is 9.88 Å². The van der Waals surface area contributed by atoms with E-state index in [9.17, 15) is 4.79 Å². The minimum absolute atomic E-state index is 0.0904. The molecule has 2 aromatic carbocycles. The second kappa shape index (κ2) is 11.9. The third-order valence-corrected chi connectivity index (χ3v) is 9.87. The van der Waals surface area contributed by atoms with Crippen LogP contribution in [0.2, 0.25) is 5.02 Å². The van der Waals surface area contributed by atoms with Crippen molar-refractivity contribution in [3.8, 4) is 17.2 Å². The number of rotatable bonds is 8. The molecule has 6 heterocycles. The molecule has 4 aliphatic rings. The molecule has 4 atom stereocenters. The van der Waals surface area contributed by atoms with Crippen LogP contribution in [0.15, 0.2) is 48.7 Å². The first kappa shape index (κ1) is 30.2. The van der Waals surface area contributed by atoms with Crippen molar-refractivity contribution in [2.24, 2.45) is 0 Å². The van der Waals surface area contributed by atoms with E-state index in [0.717, 1.165) is 43.1 Å². The third-order valence-electron chi connectivity index (χ3n) is 9.64. The van der Waals surface area contributed by atoms with Gasteiger partial charge < -0.3 is 37.9 Å². The number of hydrogen-bond acceptors (Lipinski definition) is 11. The van der Waals surface area contributed by atoms with Gasteiger partial charge in [-0.15, -0.1) is 0 Å². The summed E-state index contributed by atoms with van der Waals surface area (Å²) in [5.74, 6) is 1.29. The Morgan fingerprint density at radius 1 is 1.11 bits per heavy atom. The fourth-order valence-corrected chi connectivity index (χ4v) is 7.21. The van der Waals surface area contributed by atoms with E-state index in [1.165, 1.54) is 7.11 Å². The average molecular weight is 662 g/mol. The molecule has 4 aliphatic heterocycles. The van der Waals surface area contributed by atoms with Crippen molar-refractivity contribution in [1.29, 1.82) is 0 Å². The number of para-hydroxylation sites is 1. The minimum Gasteiger partial charge on any atom is -0.494 e. The standard InChI is InChI=1S/C34H36ClN5O7/c1-34(29-8-7-21(35)15-36-29)46-27-6-4-5-23(32(27)47-34)39-11-10-38(25-18-44-19-26(25)39)17-30-37-31-24(40(30)16-22-9-12-45-22)13-20(33(41)43-3)14-28(31)42-2/h4-8,13-15,22,25-26H,9-12,16-19H2,1-3H3/t22-,25-,26+,34?/m0/s1. The molecule has 4 aromatic rings. The Kier molecular flexibility index (Phi) is 7.63. The molecule has 12 nitrogen and oxygen atoms in total. The van der Waals surface area contributed by atoms with E-state index in [0.29, 0.717) is 65.3 Å². The predicted molar refractivity (Wildman–Crippen MR) is 172 cm³/mol. The molecular weight excluding hydrogens is 626 g/mol. The second-order valence-electron chi connectivity index (χ2n) is 12.4. The van der Waals surface area contributed by atoms with Crippen molar-refractivity contribution < 1.29 is 33.2 Å². The number of imidazole rings is 1. The minimum atomic E-state index is -1.07. The van der Waals surface area contributed by atoms with Crippen LogP contribution in [0.1, 0.15) is 35.2 Å². The zero-order valence-electron chi connectivity index (χ0n) is 26.5. The van der Waals surface area contributed by atoms with Gasteiger partial charge in [0.2, 0.25) is 0 Å². The maximum Gasteiger partial charge on any atom is 0.338 e. The van der Waals surface area contributed by atoms with Crippen molar-refractivity contribution in [2.75, 3.05) is 52.0 Å². The van der Waals surface area contributed by atoms with Gasteiger partial charge in [0.15, 0.2) is 11.5 Å². The summed E-state index contributed by atoms with van der Waals surface area (Å²) >= 11 is 6.09. The summed E-state index contributed by atoms with van der Waals surface area (Å²) in [6, 6.07) is 13.3. The Morgan fingerprint density at radius 3 is 2.70 bits per heavy atom. The molecule has 1 unspecified atom stereocenters. The SMILES string of the molecule is COC(=O)c1cc(OC)c2nc(CN3CCN(c4cccc5c4OC(C)(c4ccc(Cl)cn4)O5)[C@@H]4COC[C@@H]43)n(C[C@@H]3CCO3)c2c1. The van der Waals surface area contributed by atoms with Crippen molar-refractivity contribution in [3.63, 3.8) is 0 Å². The van der Waals surface area contributed by atoms with Crippen LogP contribution in [0, 0.1) is 0 Å². The highest BCUT2D eigenvalue weighted by molar-refractivity contribution is 6.30. The zero-order valence-corrected chi connectivity index (χ0v) is 27.2. The van der Waals surface area contributed by atoms with Gasteiger partial charge >= 0.3 is 5.97 Å². The number of pyridine rings is 1. The van der Waals surface area contributed by atoms with Crippen LogP contribution in [0.3, 0.4) is 0 Å². The highest BCUT2D eigenvalue weighted by Crippen LogP contribution is 2.50. The van der Waals surface area contributed by atoms with Gasteiger partial charge in [0.05, 0.1) is 80.5 Å². The number of carbonyl (C=O) groups is 1. The van der Waals surface area contributed by atoms with Crippen molar-refractivity contribution in [3.05, 3.63) is 70.8 Å². The Morgan fingerprint density at radius 2 is 1.96 bits per heavy atom. The summed E-state index contributed by atoms with van der Waals surface area (Å²) < 4.78 is 37.7. The van der Waals surface area contributed by atoms with Crippen LogP contribution in [0.5, 0.6) is 17.2 Å². The van der Waals surface area contributed by atoms with Crippen LogP contribution in [-0.4, -0.2) is 90.7 Å². The lowest BCUT2D eigenvalue weighted by Crippen LogP contribution is -2.59. The molecule has 0 saturated carbocycles. The highest BCUT2D eigenvalue weighted by Gasteiger charge is 2.46. The molecule has 0 amide bonds. The second-order valence-corrected chi connectivity index (χ2v) is 12.8. The molecule has 13 heteroatoms. The van der Waals surface area contributed by atoms with Gasteiger partial charge in [0.1, 0.15) is 22.8 Å². The van der Waals surface area contributed by atoms with Gasteiger partial charge in [-0.05, 0) is 42.8 Å². The van der Waals surface area contributed by atoms with E-state index in [-0.39, 0.29) is 18.2 Å². The van der Waals surface area contributed by atoms with Crippen LogP contribution < -0.4 is 19.1 Å². The number of carbonyl (C=O) groups excluding carboxylic acids is 1. The summed E-state index contributed by atoms with van der Waals surface area (Å²) in [4.78, 5) is 26.9. The van der Waals surface area contributed by atoms with Gasteiger partial charge in [-0.1, -0.05) is 17.7 Å². The first-order chi connectivity index (χ1) is 22.8. The largest absolute Gasteiger partial charge is 0.494 e. The van der Waals surface area contributed by atoms with Crippen LogP contribution >= 0.6 is 11.6 Å². The third kappa shape index (κ3) is 5.23. The van der Waals surface area contributed by atoms with Crippen molar-refractivity contribution in [1.82, 2.24) is 19.4 Å². The number of nitrogens with zero attached hydrogens (tertiary/aromatic N) is 5.